The summed E-state index contributed by atoms with van der Waals surface area (Å²) in [6.07, 6.45) is -0.365. The summed E-state index contributed by atoms with van der Waals surface area (Å²) in [5.74, 6) is -1.14. The number of rotatable bonds is 3. The van der Waals surface area contributed by atoms with E-state index in [9.17, 15) is 17.3 Å². The van der Waals surface area contributed by atoms with Crippen LogP contribution in [-0.4, -0.2) is 13.1 Å². The van der Waals surface area contributed by atoms with E-state index in [2.05, 4.69) is 0 Å². The summed E-state index contributed by atoms with van der Waals surface area (Å²) in [5, 5.41) is 0. The van der Waals surface area contributed by atoms with Crippen molar-refractivity contribution in [2.45, 2.75) is 20.0 Å². The van der Waals surface area contributed by atoms with E-state index in [0.29, 0.717) is 12.1 Å². The molecular formula is C9H10BF4O-. The highest BCUT2D eigenvalue weighted by Crippen LogP contribution is 2.19. The van der Waals surface area contributed by atoms with Crippen molar-refractivity contribution >= 4 is 12.4 Å². The normalized spacial score (nSPS) is 11.9. The summed E-state index contributed by atoms with van der Waals surface area (Å²) in [6.45, 7) is -1.88. The first kappa shape index (κ1) is 11.9. The van der Waals surface area contributed by atoms with Gasteiger partial charge in [-0.25, -0.2) is 4.39 Å². The number of benzene rings is 1. The molecule has 0 aliphatic heterocycles. The molecule has 84 valence electrons. The van der Waals surface area contributed by atoms with Gasteiger partial charge in [-0.05, 0) is 26.0 Å². The van der Waals surface area contributed by atoms with Crippen molar-refractivity contribution in [1.82, 2.24) is 0 Å². The van der Waals surface area contributed by atoms with Crippen LogP contribution in [0.5, 0.6) is 5.75 Å². The largest absolute Gasteiger partial charge is 0.509 e. The topological polar surface area (TPSA) is 9.23 Å². The van der Waals surface area contributed by atoms with Gasteiger partial charge < -0.3 is 17.7 Å². The minimum absolute atomic E-state index is 0.360. The van der Waals surface area contributed by atoms with Gasteiger partial charge in [-0.3, -0.25) is 0 Å². The Bertz CT molecular complexity index is 348. The first-order chi connectivity index (χ1) is 6.80. The number of hydrogen-bond acceptors (Lipinski definition) is 1. The maximum Gasteiger partial charge on any atom is 0.509 e. The summed E-state index contributed by atoms with van der Waals surface area (Å²) < 4.78 is 54.9. The third-order valence-electron chi connectivity index (χ3n) is 1.70. The average Bonchev–Trinajstić information content (AvgIpc) is 2.06. The van der Waals surface area contributed by atoms with Gasteiger partial charge in [-0.2, -0.15) is 0 Å². The summed E-state index contributed by atoms with van der Waals surface area (Å²) >= 11 is 0. The molecule has 0 heterocycles. The van der Waals surface area contributed by atoms with Gasteiger partial charge in [0.1, 0.15) is 0 Å². The lowest BCUT2D eigenvalue weighted by molar-refractivity contribution is 0.231. The maximum absolute atomic E-state index is 13.0. The molecule has 0 aromatic heterocycles. The minimum atomic E-state index is -5.11. The number of halogens is 4. The standard InChI is InChI=1S/C9H10BF4O/c1-6(2)15-9-5-7(10(12,13)14)3-4-8(9)11/h3-6H,1-2H3/q-1. The third kappa shape index (κ3) is 3.14. The Hall–Kier alpha value is -1.20. The predicted molar refractivity (Wildman–Crippen MR) is 50.9 cm³/mol. The second-order valence-electron chi connectivity index (χ2n) is 3.43. The minimum Gasteiger partial charge on any atom is -0.488 e. The molecule has 15 heavy (non-hydrogen) atoms. The molecule has 0 radical (unpaired) electrons. The molecule has 6 heteroatoms. The first-order valence-corrected chi connectivity index (χ1v) is 4.46. The van der Waals surface area contributed by atoms with Crippen molar-refractivity contribution in [2.24, 2.45) is 0 Å². The molecule has 1 nitrogen and oxygen atoms in total. The van der Waals surface area contributed by atoms with Gasteiger partial charge in [0.05, 0.1) is 6.10 Å². The molecule has 0 bridgehead atoms. The van der Waals surface area contributed by atoms with Crippen LogP contribution in [0.2, 0.25) is 0 Å². The molecule has 1 rings (SSSR count). The van der Waals surface area contributed by atoms with Crippen LogP contribution in [0.1, 0.15) is 13.8 Å². The Morgan fingerprint density at radius 2 is 1.80 bits per heavy atom. The Labute approximate surface area is 85.1 Å². The van der Waals surface area contributed by atoms with Crippen molar-refractivity contribution in [2.75, 3.05) is 0 Å². The maximum atomic E-state index is 13.0. The molecule has 0 saturated carbocycles. The average molecular weight is 221 g/mol. The summed E-state index contributed by atoms with van der Waals surface area (Å²) in [7, 11) is 0. The molecule has 0 aliphatic carbocycles. The van der Waals surface area contributed by atoms with E-state index in [4.69, 9.17) is 4.74 Å². The van der Waals surface area contributed by atoms with Crippen LogP contribution in [0.4, 0.5) is 17.3 Å². The Morgan fingerprint density at radius 3 is 2.27 bits per heavy atom. The second-order valence-corrected chi connectivity index (χ2v) is 3.43. The van der Waals surface area contributed by atoms with Crippen LogP contribution in [0, 0.1) is 5.82 Å². The molecule has 1 aromatic carbocycles. The van der Waals surface area contributed by atoms with Crippen LogP contribution in [0.15, 0.2) is 18.2 Å². The lowest BCUT2D eigenvalue weighted by Crippen LogP contribution is -2.34. The Kier molecular flexibility index (Phi) is 3.26. The first-order valence-electron chi connectivity index (χ1n) is 4.46. The molecule has 0 N–H and O–H groups in total. The Morgan fingerprint density at radius 1 is 1.20 bits per heavy atom. The van der Waals surface area contributed by atoms with E-state index >= 15 is 0 Å². The zero-order chi connectivity index (χ0) is 11.6. The summed E-state index contributed by atoms with van der Waals surface area (Å²) in [4.78, 5) is 0. The highest BCUT2D eigenvalue weighted by Gasteiger charge is 2.26. The predicted octanol–water partition coefficient (Wildman–Crippen LogP) is 2.67. The molecule has 0 atom stereocenters. The SMILES string of the molecule is CC(C)Oc1cc([B-](F)(F)F)ccc1F. The van der Waals surface area contributed by atoms with Crippen LogP contribution in [0.3, 0.4) is 0 Å². The van der Waals surface area contributed by atoms with Gasteiger partial charge in [-0.15, -0.1) is 5.46 Å². The summed E-state index contributed by atoms with van der Waals surface area (Å²) in [5.41, 5.74) is -0.855. The van der Waals surface area contributed by atoms with Crippen molar-refractivity contribution in [1.29, 1.82) is 0 Å². The van der Waals surface area contributed by atoms with Gasteiger partial charge in [-0.1, -0.05) is 6.07 Å². The smallest absolute Gasteiger partial charge is 0.488 e. The fourth-order valence-electron chi connectivity index (χ4n) is 1.07. The zero-order valence-corrected chi connectivity index (χ0v) is 8.31. The van der Waals surface area contributed by atoms with Gasteiger partial charge in [0.2, 0.25) is 0 Å². The fraction of sp³-hybridized carbons (Fsp3) is 0.333. The highest BCUT2D eigenvalue weighted by molar-refractivity contribution is 6.73. The molecule has 0 saturated heterocycles. The molecule has 0 aliphatic rings. The number of ether oxygens (including phenoxy) is 1. The molecule has 1 aromatic rings. The lowest BCUT2D eigenvalue weighted by Gasteiger charge is -2.17. The molecule has 0 spiro atoms. The quantitative estimate of drug-likeness (QED) is 0.563. The van der Waals surface area contributed by atoms with Crippen molar-refractivity contribution in [3.05, 3.63) is 24.0 Å². The van der Waals surface area contributed by atoms with E-state index in [0.717, 1.165) is 6.07 Å². The third-order valence-corrected chi connectivity index (χ3v) is 1.70. The molecule has 0 fully saturated rings. The van der Waals surface area contributed by atoms with E-state index in [-0.39, 0.29) is 11.9 Å². The van der Waals surface area contributed by atoms with Crippen LogP contribution < -0.4 is 10.2 Å². The van der Waals surface area contributed by atoms with Crippen LogP contribution in [-0.2, 0) is 0 Å². The Balaban J connectivity index is 3.06. The van der Waals surface area contributed by atoms with Crippen molar-refractivity contribution in [3.63, 3.8) is 0 Å². The van der Waals surface area contributed by atoms with Gasteiger partial charge >= 0.3 is 6.98 Å². The van der Waals surface area contributed by atoms with Gasteiger partial charge in [0, 0.05) is 0 Å². The van der Waals surface area contributed by atoms with Crippen LogP contribution in [0.25, 0.3) is 0 Å². The van der Waals surface area contributed by atoms with Crippen molar-refractivity contribution in [3.8, 4) is 5.75 Å². The fourth-order valence-corrected chi connectivity index (χ4v) is 1.07. The van der Waals surface area contributed by atoms with E-state index < -0.39 is 18.3 Å². The molecule has 0 unspecified atom stereocenters. The monoisotopic (exact) mass is 221 g/mol. The van der Waals surface area contributed by atoms with Crippen LogP contribution >= 0.6 is 0 Å². The van der Waals surface area contributed by atoms with Crippen molar-refractivity contribution < 1.29 is 22.1 Å². The second kappa shape index (κ2) is 4.12. The van der Waals surface area contributed by atoms with E-state index in [1.807, 2.05) is 0 Å². The van der Waals surface area contributed by atoms with E-state index in [1.165, 1.54) is 0 Å². The van der Waals surface area contributed by atoms with Gasteiger partial charge in [0.15, 0.2) is 11.6 Å². The van der Waals surface area contributed by atoms with E-state index in [1.54, 1.807) is 13.8 Å². The molecule has 0 amide bonds. The lowest BCUT2D eigenvalue weighted by atomic mass is 9.80. The summed E-state index contributed by atoms with van der Waals surface area (Å²) in [6, 6.07) is 2.17. The zero-order valence-electron chi connectivity index (χ0n) is 8.31. The van der Waals surface area contributed by atoms with Gasteiger partial charge in [0.25, 0.3) is 0 Å². The number of hydrogen-bond donors (Lipinski definition) is 0. The molecular weight excluding hydrogens is 211 g/mol. The highest BCUT2D eigenvalue weighted by atomic mass is 19.4.